The second-order valence-corrected chi connectivity index (χ2v) is 24.2. The fourth-order valence-electron chi connectivity index (χ4n) is 10.5. The van der Waals surface area contributed by atoms with E-state index in [9.17, 15) is 32.4 Å². The number of hydrogen-bond acceptors (Lipinski definition) is 20. The number of hydrogen-bond donors (Lipinski definition) is 2. The number of rotatable bonds is 23. The van der Waals surface area contributed by atoms with Crippen LogP contribution >= 0.6 is 0 Å². The van der Waals surface area contributed by atoms with Crippen molar-refractivity contribution >= 4 is 90.4 Å². The first-order chi connectivity index (χ1) is 46.5. The van der Waals surface area contributed by atoms with Crippen molar-refractivity contribution < 1.29 is 96.5 Å². The van der Waals surface area contributed by atoms with Crippen molar-refractivity contribution in [2.24, 2.45) is 0 Å². The lowest BCUT2D eigenvalue weighted by molar-refractivity contribution is -0.401. The van der Waals surface area contributed by atoms with Gasteiger partial charge in [-0.3, -0.25) is 18.9 Å². The smallest absolute Gasteiger partial charge is 0.425 e. The van der Waals surface area contributed by atoms with E-state index in [0.717, 1.165) is 70.1 Å². The summed E-state index contributed by atoms with van der Waals surface area (Å²) < 4.78 is 123. The summed E-state index contributed by atoms with van der Waals surface area (Å²) in [6.07, 6.45) is 14.6. The maximum Gasteiger partial charge on any atom is 0.425 e. The molecule has 29 heteroatoms. The lowest BCUT2D eigenvalue weighted by Crippen LogP contribution is -2.48. The Bertz CT molecular complexity index is 3800. The SMILES string of the molecule is O=C=O.O=C=O.O=S(=O)=O.O=S(=O)=O.[3H]CN1C(=CC=C2CCCC(C=CC3=[N+](C[3H])c4ccccc4C3(C)C)=C2Cc2ccccc2)C(C)(CC(=O)N(C)CCC([3H])N(C)C(=O)CCC(=O)N(C)CCC([3H])N(C)C(=O)N(C)C(CCC)C(=O)O[3H])c2ccccc21.[3H]OS(C)(=O)=O. The molecule has 2 heterocycles. The fraction of sp³-hybridized carbons (Fsp3) is 0.469. The van der Waals surface area contributed by atoms with Gasteiger partial charge in [0.25, 0.3) is 11.5 Å². The molecule has 5 amide bonds. The lowest BCUT2D eigenvalue weighted by atomic mass is 9.77. The quantitative estimate of drug-likeness (QED) is 0.0802. The third-order valence-corrected chi connectivity index (χ3v) is 15.2. The molecule has 1 aliphatic carbocycles. The molecule has 0 radical (unpaired) electrons. The van der Waals surface area contributed by atoms with E-state index in [1.165, 1.54) is 58.8 Å². The van der Waals surface area contributed by atoms with Crippen LogP contribution in [0.5, 0.6) is 0 Å². The Hall–Kier alpha value is -8.85. The number of fused-ring (bicyclic) bond motifs is 2. The van der Waals surface area contributed by atoms with E-state index < -0.39 is 73.7 Å². The molecular weight excluding hydrogens is 1270 g/mol. The number of amides is 5. The summed E-state index contributed by atoms with van der Waals surface area (Å²) in [5.41, 5.74) is 9.93. The average molecular weight is 1370 g/mol. The number of aliphatic carboxylic acids is 1. The van der Waals surface area contributed by atoms with Crippen LogP contribution in [0, 0.1) is 0 Å². The van der Waals surface area contributed by atoms with Crippen molar-refractivity contribution in [2.75, 3.05) is 86.6 Å². The largest absolute Gasteiger partial charge is 0.480 e. The first-order valence-electron chi connectivity index (χ1n) is 32.1. The lowest BCUT2D eigenvalue weighted by Gasteiger charge is -2.30. The number of carboxylic acids is 1. The first-order valence-corrected chi connectivity index (χ1v) is 32.5. The predicted octanol–water partition coefficient (Wildman–Crippen LogP) is 6.08. The van der Waals surface area contributed by atoms with E-state index in [2.05, 4.69) is 102 Å². The highest BCUT2D eigenvalue weighted by Crippen LogP contribution is 2.50. The number of para-hydroxylation sites is 2. The Morgan fingerprint density at radius 1 is 0.742 bits per heavy atom. The van der Waals surface area contributed by atoms with Crippen molar-refractivity contribution in [3.63, 3.8) is 0 Å². The monoisotopic (exact) mass is 1360 g/mol. The summed E-state index contributed by atoms with van der Waals surface area (Å²) in [5, 5.41) is 4.12. The topological polar surface area (TPSA) is 353 Å². The Balaban J connectivity index is 0.00000216. The predicted molar refractivity (Wildman–Crippen MR) is 344 cm³/mol. The van der Waals surface area contributed by atoms with Gasteiger partial charge in [0.2, 0.25) is 24.8 Å². The van der Waals surface area contributed by atoms with Crippen LogP contribution in [0.4, 0.5) is 16.2 Å². The molecule has 6 rings (SSSR count). The number of carboxylic acid groups (broad SMARTS) is 1. The molecule has 0 bridgehead atoms. The van der Waals surface area contributed by atoms with Gasteiger partial charge < -0.3 is 34.5 Å². The van der Waals surface area contributed by atoms with Crippen LogP contribution in [-0.4, -0.2) is 208 Å². The number of benzene rings is 3. The van der Waals surface area contributed by atoms with E-state index in [1.54, 1.807) is 19.0 Å². The Morgan fingerprint density at radius 2 is 1.26 bits per heavy atom. The van der Waals surface area contributed by atoms with Crippen molar-refractivity contribution in [1.82, 2.24) is 24.5 Å². The molecule has 3 aromatic carbocycles. The number of urea groups is 1. The Kier molecular flexibility index (Phi) is 30.9. The summed E-state index contributed by atoms with van der Waals surface area (Å²) in [6.45, 7) is 6.66. The van der Waals surface area contributed by atoms with Crippen molar-refractivity contribution in [1.29, 1.82) is 2.86 Å². The molecule has 508 valence electrons. The van der Waals surface area contributed by atoms with Gasteiger partial charge in [0.1, 0.15) is 14.4 Å². The van der Waals surface area contributed by atoms with E-state index >= 15 is 0 Å². The first kappa shape index (κ1) is 71.6. The van der Waals surface area contributed by atoms with Crippen LogP contribution in [0.2, 0.25) is 0 Å². The van der Waals surface area contributed by atoms with E-state index in [0.29, 0.717) is 12.8 Å². The third-order valence-electron chi connectivity index (χ3n) is 15.2. The summed E-state index contributed by atoms with van der Waals surface area (Å²) in [7, 11) is -2.01. The minimum atomic E-state index is -3.50. The average Bonchev–Trinajstić information content (AvgIpc) is 1.60. The van der Waals surface area contributed by atoms with Gasteiger partial charge in [-0.2, -0.15) is 32.2 Å². The highest BCUT2D eigenvalue weighted by Gasteiger charge is 2.45. The zero-order valence-electron chi connectivity index (χ0n) is 59.8. The molecule has 0 fully saturated rings. The van der Waals surface area contributed by atoms with Gasteiger partial charge in [0.05, 0.1) is 11.7 Å². The van der Waals surface area contributed by atoms with Crippen molar-refractivity contribution in [2.45, 2.75) is 115 Å². The van der Waals surface area contributed by atoms with Crippen LogP contribution in [0.1, 0.15) is 114 Å². The van der Waals surface area contributed by atoms with Gasteiger partial charge in [0, 0.05) is 126 Å². The van der Waals surface area contributed by atoms with Gasteiger partial charge in [-0.05, 0) is 106 Å². The summed E-state index contributed by atoms with van der Waals surface area (Å²) in [5.74, 6) is -1.74. The van der Waals surface area contributed by atoms with Crippen LogP contribution < -0.4 is 4.90 Å². The second kappa shape index (κ2) is 40.2. The maximum atomic E-state index is 14.4. The van der Waals surface area contributed by atoms with Gasteiger partial charge in [0.15, 0.2) is 5.71 Å². The molecule has 3 aliphatic rings. The second-order valence-electron chi connectivity index (χ2n) is 22.0. The zero-order valence-corrected chi connectivity index (χ0v) is 56.2. The highest BCUT2D eigenvalue weighted by molar-refractivity contribution is 7.85. The van der Waals surface area contributed by atoms with E-state index in [1.807, 2.05) is 48.2 Å². The molecule has 2 aliphatic heterocycles. The van der Waals surface area contributed by atoms with E-state index in [-0.39, 0.29) is 88.8 Å². The van der Waals surface area contributed by atoms with E-state index in [4.69, 9.17) is 52.8 Å². The van der Waals surface area contributed by atoms with Gasteiger partial charge in [-0.25, -0.2) is 9.59 Å². The number of likely N-dealkylation sites (N-methyl/N-ethyl adjacent to an activating group) is 2. The highest BCUT2D eigenvalue weighted by atomic mass is 32.2. The molecular formula is C64H86N7O19S3+. The molecule has 2 N–H and O–H groups in total. The normalized spacial score (nSPS) is 17.5. The van der Waals surface area contributed by atoms with Gasteiger partial charge in [-0.1, -0.05) is 92.2 Å². The molecule has 4 unspecified atom stereocenters. The molecule has 0 saturated carbocycles. The fourth-order valence-corrected chi connectivity index (χ4v) is 10.5. The van der Waals surface area contributed by atoms with Crippen LogP contribution in [0.15, 0.2) is 126 Å². The Labute approximate surface area is 556 Å². The summed E-state index contributed by atoms with van der Waals surface area (Å²) in [4.78, 5) is 107. The standard InChI is InChI=1S/C61H81N7O6.CH4O3S.2CO2.2O3S/c1-12-23-52(58(72)73)68(11)59(74)65(8)41-22-39-63(6)56(70)37-36-55(69)62(5)38-21-40-64(7)57(71)43-61(4)49-29-17-19-31-51(49)67(10)54(61)35-33-46-27-20-26-45(47(46)42-44-24-14-13-15-25-44)32-34-53-60(2,3)48-28-16-18-30-50(48)66(53)9;1-5(2,3)4;2*2-1-3;2*1-4(2)3/h13-19,24-25,28-35,52H,12,20-23,26-27,36-43H2,1-11H3;1H3,(H,2,3,4);;;;/p+1/i9T,10T,38T,41T;;;;;/hT2. The minimum absolute atomic E-state index is 0.0439. The van der Waals surface area contributed by atoms with Crippen LogP contribution in [-0.2, 0) is 86.9 Å². The molecule has 0 aromatic heterocycles. The molecule has 93 heavy (non-hydrogen) atoms. The number of carbonyl (C=O) groups excluding carboxylic acids is 8. The maximum absolute atomic E-state index is 14.4. The summed E-state index contributed by atoms with van der Waals surface area (Å²) in [6, 6.07) is 25.2. The van der Waals surface area contributed by atoms with Crippen molar-refractivity contribution in [3.8, 4) is 0 Å². The van der Waals surface area contributed by atoms with Crippen LogP contribution in [0.25, 0.3) is 2.86 Å². The minimum Gasteiger partial charge on any atom is -0.480 e. The Morgan fingerprint density at radius 3 is 1.80 bits per heavy atom. The number of carbonyl (C=O) groups is 5. The van der Waals surface area contributed by atoms with Gasteiger partial charge in [-0.15, -0.1) is 25.3 Å². The summed E-state index contributed by atoms with van der Waals surface area (Å²) >= 11 is 0. The zero-order chi connectivity index (χ0) is 75.5. The molecule has 0 spiro atoms. The molecule has 4 atom stereocenters. The van der Waals surface area contributed by atoms with Gasteiger partial charge >= 0.3 is 45.5 Å². The third kappa shape index (κ3) is 27.1. The molecule has 26 nitrogen and oxygen atoms in total. The molecule has 0 saturated heterocycles. The molecule has 3 aromatic rings. The van der Waals surface area contributed by atoms with Crippen LogP contribution in [0.3, 0.4) is 0 Å². The number of nitrogens with zero attached hydrogens (tertiary/aromatic N) is 7. The number of anilines is 1. The van der Waals surface area contributed by atoms with Crippen molar-refractivity contribution in [3.05, 3.63) is 142 Å². The number of allylic oxidation sites excluding steroid dienone is 8.